The molecule has 1 aliphatic rings. The molecule has 0 bridgehead atoms. The van der Waals surface area contributed by atoms with Gasteiger partial charge in [0.25, 0.3) is 0 Å². The van der Waals surface area contributed by atoms with Gasteiger partial charge < -0.3 is 10.1 Å². The number of nitrogens with one attached hydrogen (secondary N) is 1. The molecule has 0 aromatic heterocycles. The lowest BCUT2D eigenvalue weighted by molar-refractivity contribution is -0.116. The highest BCUT2D eigenvalue weighted by molar-refractivity contribution is 8.00. The summed E-state index contributed by atoms with van der Waals surface area (Å²) in [5.74, 6) is 1.26. The quantitative estimate of drug-likeness (QED) is 0.562. The third kappa shape index (κ3) is 5.32. The van der Waals surface area contributed by atoms with Crippen LogP contribution in [-0.2, 0) is 9.59 Å². The van der Waals surface area contributed by atoms with Gasteiger partial charge in [-0.05, 0) is 43.2 Å². The fourth-order valence-electron chi connectivity index (χ4n) is 3.35. The zero-order valence-corrected chi connectivity index (χ0v) is 17.8. The number of carbonyl (C=O) groups is 2. The summed E-state index contributed by atoms with van der Waals surface area (Å²) in [6.07, 6.45) is 3.63. The Morgan fingerprint density at radius 3 is 2.62 bits per heavy atom. The molecular formula is C23H28N2O3S. The molecule has 2 aromatic rings. The monoisotopic (exact) mass is 412 g/mol. The van der Waals surface area contributed by atoms with Crippen LogP contribution >= 0.6 is 11.8 Å². The van der Waals surface area contributed by atoms with E-state index in [1.165, 1.54) is 0 Å². The van der Waals surface area contributed by atoms with Gasteiger partial charge in [0.2, 0.25) is 11.8 Å². The van der Waals surface area contributed by atoms with Crippen molar-refractivity contribution in [2.45, 2.75) is 44.9 Å². The molecule has 0 unspecified atom stereocenters. The van der Waals surface area contributed by atoms with Crippen molar-refractivity contribution >= 4 is 35.0 Å². The summed E-state index contributed by atoms with van der Waals surface area (Å²) in [6.45, 7) is 4.60. The van der Waals surface area contributed by atoms with Crippen LogP contribution < -0.4 is 15.0 Å². The molecular weight excluding hydrogens is 384 g/mol. The van der Waals surface area contributed by atoms with Gasteiger partial charge in [-0.25, -0.2) is 0 Å². The molecule has 29 heavy (non-hydrogen) atoms. The zero-order valence-electron chi connectivity index (χ0n) is 17.0. The Labute approximate surface area is 176 Å². The van der Waals surface area contributed by atoms with Crippen LogP contribution in [0.15, 0.2) is 48.5 Å². The summed E-state index contributed by atoms with van der Waals surface area (Å²) in [7, 11) is 0. The number of amides is 2. The molecule has 0 saturated carbocycles. The zero-order chi connectivity index (χ0) is 20.6. The second-order valence-corrected chi connectivity index (χ2v) is 8.02. The summed E-state index contributed by atoms with van der Waals surface area (Å²) in [5, 5.41) is 2.84. The molecule has 1 saturated heterocycles. The minimum Gasteiger partial charge on any atom is -0.492 e. The molecule has 1 aliphatic heterocycles. The van der Waals surface area contributed by atoms with E-state index in [0.29, 0.717) is 24.5 Å². The van der Waals surface area contributed by atoms with Crippen LogP contribution in [-0.4, -0.2) is 24.2 Å². The van der Waals surface area contributed by atoms with Gasteiger partial charge in [-0.2, -0.15) is 0 Å². The number of benzene rings is 2. The Hall–Kier alpha value is -2.47. The molecule has 0 aliphatic carbocycles. The van der Waals surface area contributed by atoms with E-state index in [0.717, 1.165) is 36.2 Å². The topological polar surface area (TPSA) is 58.6 Å². The van der Waals surface area contributed by atoms with Crippen LogP contribution in [0.25, 0.3) is 0 Å². The average Bonchev–Trinajstić information content (AvgIpc) is 3.11. The molecule has 2 amide bonds. The Morgan fingerprint density at radius 1 is 1.14 bits per heavy atom. The Bertz CT molecular complexity index is 838. The standard InChI is InChI=1S/C23H28N2O3S/c1-3-5-6-11-21(26)24-18-14-12-17(13-15-18)23-25(22(27)16-29-23)19-9-7-8-10-20(19)28-4-2/h7-10,12-15,23H,3-6,11,16H2,1-2H3,(H,24,26)/t23-/m1/s1. The molecule has 1 N–H and O–H groups in total. The van der Waals surface area contributed by atoms with Crippen molar-refractivity contribution in [1.82, 2.24) is 0 Å². The Balaban J connectivity index is 1.74. The van der Waals surface area contributed by atoms with Gasteiger partial charge in [-0.15, -0.1) is 11.8 Å². The van der Waals surface area contributed by atoms with Gasteiger partial charge in [0, 0.05) is 12.1 Å². The number of hydrogen-bond acceptors (Lipinski definition) is 4. The van der Waals surface area contributed by atoms with Gasteiger partial charge in [-0.1, -0.05) is 44.0 Å². The maximum absolute atomic E-state index is 12.6. The lowest BCUT2D eigenvalue weighted by Gasteiger charge is -2.26. The van der Waals surface area contributed by atoms with E-state index >= 15 is 0 Å². The summed E-state index contributed by atoms with van der Waals surface area (Å²) < 4.78 is 5.73. The maximum Gasteiger partial charge on any atom is 0.238 e. The molecule has 154 valence electrons. The summed E-state index contributed by atoms with van der Waals surface area (Å²) in [6, 6.07) is 15.4. The first kappa shape index (κ1) is 21.2. The van der Waals surface area contributed by atoms with Crippen molar-refractivity contribution in [3.05, 3.63) is 54.1 Å². The summed E-state index contributed by atoms with van der Waals surface area (Å²) in [4.78, 5) is 26.5. The molecule has 1 atom stereocenters. The smallest absolute Gasteiger partial charge is 0.238 e. The number of hydrogen-bond donors (Lipinski definition) is 1. The van der Waals surface area contributed by atoms with Gasteiger partial charge in [0.05, 0.1) is 18.0 Å². The van der Waals surface area contributed by atoms with E-state index in [9.17, 15) is 9.59 Å². The molecule has 2 aromatic carbocycles. The lowest BCUT2D eigenvalue weighted by atomic mass is 10.1. The van der Waals surface area contributed by atoms with E-state index in [1.54, 1.807) is 11.8 Å². The number of nitrogens with zero attached hydrogens (tertiary/aromatic N) is 1. The van der Waals surface area contributed by atoms with E-state index < -0.39 is 0 Å². The molecule has 5 nitrogen and oxygen atoms in total. The van der Waals surface area contributed by atoms with Crippen molar-refractivity contribution in [2.24, 2.45) is 0 Å². The minimum absolute atomic E-state index is 0.0453. The summed E-state index contributed by atoms with van der Waals surface area (Å²) in [5.41, 5.74) is 2.60. The van der Waals surface area contributed by atoms with E-state index in [4.69, 9.17) is 4.74 Å². The van der Waals surface area contributed by atoms with Crippen molar-refractivity contribution in [3.63, 3.8) is 0 Å². The van der Waals surface area contributed by atoms with E-state index in [-0.39, 0.29) is 17.2 Å². The van der Waals surface area contributed by atoms with Crippen molar-refractivity contribution in [1.29, 1.82) is 0 Å². The first-order valence-electron chi connectivity index (χ1n) is 10.2. The van der Waals surface area contributed by atoms with Crippen LogP contribution in [0.4, 0.5) is 11.4 Å². The van der Waals surface area contributed by atoms with Crippen LogP contribution in [0, 0.1) is 0 Å². The Kier molecular flexibility index (Phi) is 7.58. The van der Waals surface area contributed by atoms with Gasteiger partial charge in [0.15, 0.2) is 0 Å². The van der Waals surface area contributed by atoms with E-state index in [2.05, 4.69) is 12.2 Å². The first-order chi connectivity index (χ1) is 14.1. The highest BCUT2D eigenvalue weighted by Crippen LogP contribution is 2.44. The Morgan fingerprint density at radius 2 is 1.90 bits per heavy atom. The maximum atomic E-state index is 12.6. The number of para-hydroxylation sites is 2. The second kappa shape index (κ2) is 10.3. The van der Waals surface area contributed by atoms with Crippen molar-refractivity contribution in [2.75, 3.05) is 22.6 Å². The highest BCUT2D eigenvalue weighted by atomic mass is 32.2. The number of thioether (sulfide) groups is 1. The number of carbonyl (C=O) groups excluding carboxylic acids is 2. The van der Waals surface area contributed by atoms with Crippen LogP contribution in [0.1, 0.15) is 50.5 Å². The van der Waals surface area contributed by atoms with E-state index in [1.807, 2.05) is 60.4 Å². The third-order valence-corrected chi connectivity index (χ3v) is 5.99. The average molecular weight is 413 g/mol. The number of rotatable bonds is 9. The SMILES string of the molecule is CCCCCC(=O)Nc1ccc([C@H]2SCC(=O)N2c2ccccc2OCC)cc1. The van der Waals surface area contributed by atoms with Crippen molar-refractivity contribution in [3.8, 4) is 5.75 Å². The molecule has 0 radical (unpaired) electrons. The van der Waals surface area contributed by atoms with Crippen LogP contribution in [0.2, 0.25) is 0 Å². The molecule has 0 spiro atoms. The summed E-state index contributed by atoms with van der Waals surface area (Å²) >= 11 is 1.60. The molecule has 1 heterocycles. The molecule has 6 heteroatoms. The third-order valence-electron chi connectivity index (χ3n) is 4.78. The fourth-order valence-corrected chi connectivity index (χ4v) is 4.52. The predicted molar refractivity (Wildman–Crippen MR) is 120 cm³/mol. The molecule has 1 fully saturated rings. The fraction of sp³-hybridized carbons (Fsp3) is 0.391. The lowest BCUT2D eigenvalue weighted by Crippen LogP contribution is -2.28. The van der Waals surface area contributed by atoms with Crippen molar-refractivity contribution < 1.29 is 14.3 Å². The highest BCUT2D eigenvalue weighted by Gasteiger charge is 2.35. The normalized spacial score (nSPS) is 16.1. The number of ether oxygens (including phenoxy) is 1. The van der Waals surface area contributed by atoms with Crippen LogP contribution in [0.5, 0.6) is 5.75 Å². The molecule has 3 rings (SSSR count). The largest absolute Gasteiger partial charge is 0.492 e. The number of unbranched alkanes of at least 4 members (excludes halogenated alkanes) is 2. The first-order valence-corrected chi connectivity index (χ1v) is 11.2. The van der Waals surface area contributed by atoms with Gasteiger partial charge >= 0.3 is 0 Å². The predicted octanol–water partition coefficient (Wildman–Crippen LogP) is 5.38. The second-order valence-electron chi connectivity index (χ2n) is 6.96. The van der Waals surface area contributed by atoms with Gasteiger partial charge in [0.1, 0.15) is 11.1 Å². The minimum atomic E-state index is -0.113. The van der Waals surface area contributed by atoms with Crippen LogP contribution in [0.3, 0.4) is 0 Å². The number of anilines is 2. The van der Waals surface area contributed by atoms with Gasteiger partial charge in [-0.3, -0.25) is 14.5 Å².